The minimum atomic E-state index is -3.40. The van der Waals surface area contributed by atoms with Crippen LogP contribution in [0.2, 0.25) is 0 Å². The van der Waals surface area contributed by atoms with Gasteiger partial charge in [0, 0.05) is 45.2 Å². The zero-order valence-electron chi connectivity index (χ0n) is 16.1. The van der Waals surface area contributed by atoms with Crippen LogP contribution in [0.3, 0.4) is 0 Å². The fraction of sp³-hybridized carbons (Fsp3) is 0.765. The van der Waals surface area contributed by atoms with Crippen LogP contribution in [-0.2, 0) is 32.5 Å². The lowest BCUT2D eigenvalue weighted by Gasteiger charge is -2.29. The average Bonchev–Trinajstić information content (AvgIpc) is 3.18. The summed E-state index contributed by atoms with van der Waals surface area (Å²) < 4.78 is 31.6. The number of nitrogens with one attached hydrogen (secondary N) is 1. The molecule has 26 heavy (non-hydrogen) atoms. The summed E-state index contributed by atoms with van der Waals surface area (Å²) in [6.07, 6.45) is 3.04. The summed E-state index contributed by atoms with van der Waals surface area (Å²) in [5, 5.41) is 3.10. The van der Waals surface area contributed by atoms with Crippen molar-refractivity contribution >= 4 is 15.7 Å². The van der Waals surface area contributed by atoms with Gasteiger partial charge >= 0.3 is 0 Å². The summed E-state index contributed by atoms with van der Waals surface area (Å²) in [6.45, 7) is 7.96. The normalized spacial score (nSPS) is 18.1. The van der Waals surface area contributed by atoms with Crippen molar-refractivity contribution in [2.45, 2.75) is 63.9 Å². The summed E-state index contributed by atoms with van der Waals surface area (Å²) in [5.41, 5.74) is 0.840. The van der Waals surface area contributed by atoms with Crippen LogP contribution in [0.25, 0.3) is 0 Å². The Balaban J connectivity index is 2.23. The van der Waals surface area contributed by atoms with Crippen LogP contribution in [0, 0.1) is 0 Å². The van der Waals surface area contributed by atoms with Gasteiger partial charge < -0.3 is 14.6 Å². The zero-order valence-corrected chi connectivity index (χ0v) is 16.9. The molecule has 2 heterocycles. The van der Waals surface area contributed by atoms with E-state index in [1.54, 1.807) is 24.8 Å². The first kappa shape index (κ1) is 20.9. The Kier molecular flexibility index (Phi) is 7.19. The Hall–Kier alpha value is -1.45. The van der Waals surface area contributed by atoms with Gasteiger partial charge in [-0.15, -0.1) is 0 Å². The number of imidazole rings is 1. The lowest BCUT2D eigenvalue weighted by atomic mass is 10.2. The van der Waals surface area contributed by atoms with Gasteiger partial charge in [-0.2, -0.15) is 0 Å². The molecule has 0 unspecified atom stereocenters. The second-order valence-electron chi connectivity index (χ2n) is 6.91. The van der Waals surface area contributed by atoms with Crippen molar-refractivity contribution in [3.05, 3.63) is 11.9 Å². The van der Waals surface area contributed by atoms with Crippen molar-refractivity contribution in [2.24, 2.45) is 0 Å². The van der Waals surface area contributed by atoms with Crippen molar-refractivity contribution in [1.29, 1.82) is 0 Å². The number of carbonyl (C=O) groups excluding carboxylic acids is 1. The van der Waals surface area contributed by atoms with Crippen molar-refractivity contribution in [1.82, 2.24) is 19.8 Å². The van der Waals surface area contributed by atoms with E-state index < -0.39 is 9.84 Å². The van der Waals surface area contributed by atoms with E-state index in [1.165, 1.54) is 0 Å². The number of nitrogens with zero attached hydrogens (tertiary/aromatic N) is 3. The van der Waals surface area contributed by atoms with E-state index in [9.17, 15) is 13.2 Å². The Bertz CT molecular complexity index is 714. The van der Waals surface area contributed by atoms with Gasteiger partial charge in [-0.05, 0) is 20.3 Å². The van der Waals surface area contributed by atoms with Gasteiger partial charge in [0.25, 0.3) is 0 Å². The molecular formula is C17H30N4O4S. The molecule has 0 saturated carbocycles. The van der Waals surface area contributed by atoms with Crippen LogP contribution < -0.4 is 5.32 Å². The molecule has 1 fully saturated rings. The minimum absolute atomic E-state index is 0.0123. The molecule has 2 rings (SSSR count). The first-order valence-electron chi connectivity index (χ1n) is 9.08. The first-order valence-corrected chi connectivity index (χ1v) is 10.7. The molecule has 0 aromatic carbocycles. The highest BCUT2D eigenvalue weighted by molar-refractivity contribution is 7.91. The molecule has 9 heteroatoms. The average molecular weight is 387 g/mol. The lowest BCUT2D eigenvalue weighted by Crippen LogP contribution is -2.42. The van der Waals surface area contributed by atoms with Crippen molar-refractivity contribution < 1.29 is 17.9 Å². The van der Waals surface area contributed by atoms with Gasteiger partial charge in [0.1, 0.15) is 0 Å². The molecule has 1 amide bonds. The Labute approximate surface area is 155 Å². The Morgan fingerprint density at radius 1 is 1.46 bits per heavy atom. The molecule has 1 aliphatic rings. The van der Waals surface area contributed by atoms with Crippen molar-refractivity contribution in [3.8, 4) is 0 Å². The third-order valence-electron chi connectivity index (χ3n) is 4.71. The molecule has 0 aliphatic carbocycles. The maximum atomic E-state index is 12.3. The van der Waals surface area contributed by atoms with Crippen LogP contribution in [-0.4, -0.2) is 66.9 Å². The molecular weight excluding hydrogens is 356 g/mol. The summed E-state index contributed by atoms with van der Waals surface area (Å²) in [6, 6.07) is 0.392. The second kappa shape index (κ2) is 8.96. The van der Waals surface area contributed by atoms with Crippen LogP contribution in [0.1, 0.15) is 39.3 Å². The SMILES string of the molecule is CCS(=O)(=O)c1ncc(CN(C[C@@H]2CCC(=O)N2)C(C)C)n1CCOC. The van der Waals surface area contributed by atoms with Gasteiger partial charge in [-0.3, -0.25) is 9.69 Å². The van der Waals surface area contributed by atoms with Crippen LogP contribution >= 0.6 is 0 Å². The number of ether oxygens (including phenoxy) is 1. The molecule has 1 atom stereocenters. The van der Waals surface area contributed by atoms with Gasteiger partial charge in [-0.25, -0.2) is 13.4 Å². The van der Waals surface area contributed by atoms with Crippen LogP contribution in [0.15, 0.2) is 11.4 Å². The smallest absolute Gasteiger partial charge is 0.227 e. The predicted molar refractivity (Wildman–Crippen MR) is 98.5 cm³/mol. The molecule has 0 radical (unpaired) electrons. The highest BCUT2D eigenvalue weighted by Crippen LogP contribution is 2.18. The molecule has 1 N–H and O–H groups in total. The van der Waals surface area contributed by atoms with Crippen molar-refractivity contribution in [3.63, 3.8) is 0 Å². The number of methoxy groups -OCH3 is 1. The van der Waals surface area contributed by atoms with Gasteiger partial charge in [0.2, 0.25) is 20.9 Å². The number of aromatic nitrogens is 2. The molecule has 1 aromatic rings. The van der Waals surface area contributed by atoms with E-state index in [2.05, 4.69) is 29.0 Å². The molecule has 0 spiro atoms. The lowest BCUT2D eigenvalue weighted by molar-refractivity contribution is -0.119. The molecule has 148 valence electrons. The maximum Gasteiger partial charge on any atom is 0.227 e. The summed E-state index contributed by atoms with van der Waals surface area (Å²) in [7, 11) is -1.81. The Morgan fingerprint density at radius 2 is 2.19 bits per heavy atom. The van der Waals surface area contributed by atoms with Crippen LogP contribution in [0.5, 0.6) is 0 Å². The topological polar surface area (TPSA) is 93.5 Å². The molecule has 0 bridgehead atoms. The van der Waals surface area contributed by atoms with Crippen molar-refractivity contribution in [2.75, 3.05) is 26.0 Å². The fourth-order valence-corrected chi connectivity index (χ4v) is 4.10. The number of amides is 1. The maximum absolute atomic E-state index is 12.3. The second-order valence-corrected chi connectivity index (χ2v) is 9.08. The summed E-state index contributed by atoms with van der Waals surface area (Å²) in [5.74, 6) is 0.110. The van der Waals surface area contributed by atoms with Gasteiger partial charge in [0.15, 0.2) is 0 Å². The quantitative estimate of drug-likeness (QED) is 0.640. The minimum Gasteiger partial charge on any atom is -0.383 e. The summed E-state index contributed by atoms with van der Waals surface area (Å²) in [4.78, 5) is 17.9. The fourth-order valence-electron chi connectivity index (χ4n) is 3.08. The van der Waals surface area contributed by atoms with E-state index in [0.29, 0.717) is 26.1 Å². The molecule has 1 aliphatic heterocycles. The zero-order chi connectivity index (χ0) is 19.3. The van der Waals surface area contributed by atoms with E-state index in [0.717, 1.165) is 18.7 Å². The first-order chi connectivity index (χ1) is 12.3. The van der Waals surface area contributed by atoms with E-state index in [-0.39, 0.29) is 28.9 Å². The number of sulfone groups is 1. The Morgan fingerprint density at radius 3 is 2.73 bits per heavy atom. The third-order valence-corrected chi connectivity index (χ3v) is 6.36. The number of hydrogen-bond acceptors (Lipinski definition) is 6. The predicted octanol–water partition coefficient (Wildman–Crippen LogP) is 0.812. The van der Waals surface area contributed by atoms with Gasteiger partial charge in [0.05, 0.1) is 24.3 Å². The van der Waals surface area contributed by atoms with E-state index >= 15 is 0 Å². The van der Waals surface area contributed by atoms with Gasteiger partial charge in [-0.1, -0.05) is 6.92 Å². The van der Waals surface area contributed by atoms with Crippen LogP contribution in [0.4, 0.5) is 0 Å². The largest absolute Gasteiger partial charge is 0.383 e. The molecule has 1 aromatic heterocycles. The highest BCUT2D eigenvalue weighted by atomic mass is 32.2. The van der Waals surface area contributed by atoms with E-state index in [1.807, 2.05) is 0 Å². The molecule has 8 nitrogen and oxygen atoms in total. The third kappa shape index (κ3) is 5.05. The molecule has 1 saturated heterocycles. The van der Waals surface area contributed by atoms with E-state index in [4.69, 9.17) is 4.74 Å². The highest BCUT2D eigenvalue weighted by Gasteiger charge is 2.26. The number of hydrogen-bond donors (Lipinski definition) is 1. The standard InChI is InChI=1S/C17H30N4O4S/c1-5-26(23,24)17-18-10-15(21(17)8-9-25-4)12-20(13(2)3)11-14-6-7-16(22)19-14/h10,13-14H,5-9,11-12H2,1-4H3,(H,19,22)/t14-/m0/s1. The monoisotopic (exact) mass is 386 g/mol. The number of rotatable bonds is 10. The number of carbonyl (C=O) groups is 1. The summed E-state index contributed by atoms with van der Waals surface area (Å²) >= 11 is 0.